The number of benzene rings is 2. The Labute approximate surface area is 237 Å². The lowest BCUT2D eigenvalue weighted by atomic mass is 9.93. The third-order valence-electron chi connectivity index (χ3n) is 8.08. The van der Waals surface area contributed by atoms with Crippen molar-refractivity contribution < 1.29 is 19.0 Å². The summed E-state index contributed by atoms with van der Waals surface area (Å²) in [7, 11) is 0. The average molecular weight is 555 g/mol. The van der Waals surface area contributed by atoms with E-state index in [-0.39, 0.29) is 23.7 Å². The maximum atomic E-state index is 14.2. The van der Waals surface area contributed by atoms with E-state index in [2.05, 4.69) is 14.8 Å². The van der Waals surface area contributed by atoms with Crippen molar-refractivity contribution in [2.75, 3.05) is 19.6 Å². The number of hydrogen-bond acceptors (Lipinski definition) is 7. The number of imidazole rings is 1. The monoisotopic (exact) mass is 554 g/mol. The van der Waals surface area contributed by atoms with E-state index in [0.717, 1.165) is 68.0 Å². The number of nitriles is 1. The summed E-state index contributed by atoms with van der Waals surface area (Å²) in [5.74, 6) is 0.297. The van der Waals surface area contributed by atoms with Gasteiger partial charge in [0.05, 0.1) is 34.8 Å². The van der Waals surface area contributed by atoms with Gasteiger partial charge in [-0.05, 0) is 75.3 Å². The first-order chi connectivity index (χ1) is 20.0. The summed E-state index contributed by atoms with van der Waals surface area (Å²) in [4.78, 5) is 23.6. The smallest absolute Gasteiger partial charge is 0.335 e. The van der Waals surface area contributed by atoms with Gasteiger partial charge in [-0.15, -0.1) is 0 Å². The van der Waals surface area contributed by atoms with Gasteiger partial charge in [-0.2, -0.15) is 5.26 Å². The average Bonchev–Trinajstić information content (AvgIpc) is 3.30. The van der Waals surface area contributed by atoms with Crippen LogP contribution in [-0.2, 0) is 19.7 Å². The summed E-state index contributed by atoms with van der Waals surface area (Å²) in [5.41, 5.74) is 3.58. The second-order valence-corrected chi connectivity index (χ2v) is 10.7. The number of aromatic nitrogens is 3. The Hall–Kier alpha value is -4.33. The maximum absolute atomic E-state index is 14.2. The van der Waals surface area contributed by atoms with E-state index in [1.165, 1.54) is 6.07 Å². The van der Waals surface area contributed by atoms with Crippen molar-refractivity contribution in [1.29, 1.82) is 5.26 Å². The van der Waals surface area contributed by atoms with E-state index >= 15 is 0 Å². The molecule has 2 fully saturated rings. The molecule has 2 aromatic carbocycles. The minimum Gasteiger partial charge on any atom is -0.478 e. The van der Waals surface area contributed by atoms with E-state index in [4.69, 9.17) is 20.0 Å². The van der Waals surface area contributed by atoms with Crippen LogP contribution in [0.4, 0.5) is 4.39 Å². The number of carboxylic acids is 1. The molecule has 2 N–H and O–H groups in total. The molecule has 1 unspecified atom stereocenters. The van der Waals surface area contributed by atoms with Crippen molar-refractivity contribution in [3.63, 3.8) is 0 Å². The van der Waals surface area contributed by atoms with Gasteiger partial charge in [-0.3, -0.25) is 4.90 Å². The highest BCUT2D eigenvalue weighted by atomic mass is 19.1. The van der Waals surface area contributed by atoms with Crippen molar-refractivity contribution in [2.45, 2.75) is 50.9 Å². The number of hydrogen-bond donors (Lipinski definition) is 2. The summed E-state index contributed by atoms with van der Waals surface area (Å²) in [6.07, 6.45) is 2.98. The minimum atomic E-state index is -0.936. The predicted molar refractivity (Wildman–Crippen MR) is 150 cm³/mol. The number of nitrogens with one attached hydrogen (secondary N) is 1. The van der Waals surface area contributed by atoms with Crippen LogP contribution in [-0.4, -0.2) is 56.2 Å². The lowest BCUT2D eigenvalue weighted by Gasteiger charge is -2.32. The van der Waals surface area contributed by atoms with Crippen LogP contribution in [0.1, 0.15) is 58.2 Å². The maximum Gasteiger partial charge on any atom is 0.335 e. The Morgan fingerprint density at radius 2 is 1.95 bits per heavy atom. The highest BCUT2D eigenvalue weighted by Gasteiger charge is 2.26. The molecule has 0 radical (unpaired) electrons. The zero-order valence-corrected chi connectivity index (χ0v) is 22.6. The van der Waals surface area contributed by atoms with Gasteiger partial charge < -0.3 is 19.7 Å². The fourth-order valence-electron chi connectivity index (χ4n) is 5.57. The number of rotatable bonds is 9. The normalized spacial score (nSPS) is 17.7. The first-order valence-electron chi connectivity index (χ1n) is 13.9. The molecule has 0 aliphatic carbocycles. The lowest BCUT2D eigenvalue weighted by Crippen LogP contribution is -2.46. The van der Waals surface area contributed by atoms with Crippen LogP contribution in [0.2, 0.25) is 0 Å². The topological polar surface area (TPSA) is 116 Å². The fourth-order valence-corrected chi connectivity index (χ4v) is 5.57. The molecule has 1 atom stereocenters. The number of pyridine rings is 1. The summed E-state index contributed by atoms with van der Waals surface area (Å²) in [6, 6.07) is 17.5. The highest BCUT2D eigenvalue weighted by Crippen LogP contribution is 2.30. The number of carbonyl (C=O) groups is 1. The third kappa shape index (κ3) is 5.92. The van der Waals surface area contributed by atoms with E-state index < -0.39 is 11.8 Å². The molecule has 2 aromatic heterocycles. The molecule has 210 valence electrons. The van der Waals surface area contributed by atoms with Crippen molar-refractivity contribution in [3.8, 4) is 11.9 Å². The minimum absolute atomic E-state index is 0.0395. The summed E-state index contributed by atoms with van der Waals surface area (Å²) < 4.78 is 22.2. The molecule has 2 aliphatic rings. The molecule has 2 aliphatic heterocycles. The van der Waals surface area contributed by atoms with Crippen molar-refractivity contribution in [2.24, 2.45) is 0 Å². The Kier molecular flexibility index (Phi) is 7.63. The van der Waals surface area contributed by atoms with Crippen LogP contribution in [0.25, 0.3) is 11.0 Å². The van der Waals surface area contributed by atoms with Crippen LogP contribution < -0.4 is 10.1 Å². The molecule has 41 heavy (non-hydrogen) atoms. The van der Waals surface area contributed by atoms with Gasteiger partial charge in [0, 0.05) is 35.8 Å². The Balaban J connectivity index is 1.10. The number of halogens is 1. The van der Waals surface area contributed by atoms with E-state index in [9.17, 15) is 14.3 Å². The van der Waals surface area contributed by atoms with Crippen molar-refractivity contribution in [3.05, 3.63) is 88.6 Å². The van der Waals surface area contributed by atoms with Crippen LogP contribution >= 0.6 is 0 Å². The van der Waals surface area contributed by atoms with Gasteiger partial charge in [-0.1, -0.05) is 12.1 Å². The zero-order valence-electron chi connectivity index (χ0n) is 22.6. The molecule has 4 heterocycles. The first kappa shape index (κ1) is 26.9. The molecular formula is C31H31FN6O3. The van der Waals surface area contributed by atoms with Gasteiger partial charge in [0.2, 0.25) is 5.88 Å². The predicted octanol–water partition coefficient (Wildman–Crippen LogP) is 4.46. The second kappa shape index (κ2) is 11.6. The van der Waals surface area contributed by atoms with Gasteiger partial charge in [0.15, 0.2) is 0 Å². The van der Waals surface area contributed by atoms with Crippen LogP contribution in [0, 0.1) is 17.1 Å². The Bertz CT molecular complexity index is 1620. The molecule has 0 saturated carbocycles. The number of carboxylic acid groups (broad SMARTS) is 1. The molecule has 9 nitrogen and oxygen atoms in total. The SMILES string of the molecule is N#Cc1ccc(COc2cccc(C3CCN(Cc4nc5ccc(C(=O)O)cc5n4CC4CCN4)CC3)n2)c(F)c1. The van der Waals surface area contributed by atoms with Crippen LogP contribution in [0.15, 0.2) is 54.6 Å². The molecule has 4 aromatic rings. The van der Waals surface area contributed by atoms with E-state index in [1.54, 1.807) is 36.4 Å². The molecule has 0 amide bonds. The molecule has 6 rings (SSSR count). The summed E-state index contributed by atoms with van der Waals surface area (Å²) in [5, 5.41) is 21.9. The van der Waals surface area contributed by atoms with Crippen LogP contribution in [0.3, 0.4) is 0 Å². The number of nitrogens with zero attached hydrogens (tertiary/aromatic N) is 5. The number of piperidine rings is 1. The van der Waals surface area contributed by atoms with E-state index in [0.29, 0.717) is 24.0 Å². The highest BCUT2D eigenvalue weighted by molar-refractivity contribution is 5.92. The number of likely N-dealkylation sites (tertiary alicyclic amines) is 1. The second-order valence-electron chi connectivity index (χ2n) is 10.7. The molecule has 2 saturated heterocycles. The number of ether oxygens (including phenoxy) is 1. The van der Waals surface area contributed by atoms with Crippen molar-refractivity contribution >= 4 is 17.0 Å². The molecule has 0 spiro atoms. The Morgan fingerprint density at radius 3 is 2.66 bits per heavy atom. The van der Waals surface area contributed by atoms with Gasteiger partial charge in [0.25, 0.3) is 0 Å². The number of fused-ring (bicyclic) bond motifs is 1. The number of aromatic carboxylic acids is 1. The standard InChI is InChI=1S/C31H31FN6O3/c32-25-14-20(16-33)4-5-23(25)19-41-30-3-1-2-26(36-30)21-9-12-37(13-10-21)18-29-35-27-7-6-22(31(39)40)15-28(27)38(29)17-24-8-11-34-24/h1-7,14-15,21,24,34H,8-13,17-19H2,(H,39,40). The van der Waals surface area contributed by atoms with Gasteiger partial charge in [0.1, 0.15) is 18.2 Å². The first-order valence-corrected chi connectivity index (χ1v) is 13.9. The zero-order chi connectivity index (χ0) is 28.3. The van der Waals surface area contributed by atoms with Crippen LogP contribution in [0.5, 0.6) is 5.88 Å². The molecule has 0 bridgehead atoms. The summed E-state index contributed by atoms with van der Waals surface area (Å²) in [6.45, 7) is 4.29. The third-order valence-corrected chi connectivity index (χ3v) is 8.08. The van der Waals surface area contributed by atoms with Crippen molar-refractivity contribution in [1.82, 2.24) is 24.8 Å². The summed E-state index contributed by atoms with van der Waals surface area (Å²) >= 11 is 0. The quantitative estimate of drug-likeness (QED) is 0.312. The Morgan fingerprint density at radius 1 is 1.12 bits per heavy atom. The molecular weight excluding hydrogens is 523 g/mol. The van der Waals surface area contributed by atoms with Gasteiger partial charge in [-0.25, -0.2) is 19.2 Å². The van der Waals surface area contributed by atoms with E-state index in [1.807, 2.05) is 18.2 Å². The molecule has 10 heteroatoms. The lowest BCUT2D eigenvalue weighted by molar-refractivity contribution is 0.0697. The fraction of sp³-hybridized carbons (Fsp3) is 0.355. The largest absolute Gasteiger partial charge is 0.478 e. The van der Waals surface area contributed by atoms with Gasteiger partial charge >= 0.3 is 5.97 Å².